The highest BCUT2D eigenvalue weighted by molar-refractivity contribution is 5.38. The van der Waals surface area contributed by atoms with Crippen LogP contribution in [-0.4, -0.2) is 52.1 Å². The number of ether oxygens (including phenoxy) is 1. The predicted octanol–water partition coefficient (Wildman–Crippen LogP) is -0.445. The molecule has 6 nitrogen and oxygen atoms in total. The molecule has 1 fully saturated rings. The zero-order chi connectivity index (χ0) is 12.3. The van der Waals surface area contributed by atoms with Crippen LogP contribution in [0.5, 0.6) is 0 Å². The Morgan fingerprint density at radius 1 is 1.47 bits per heavy atom. The molecule has 1 aromatic rings. The van der Waals surface area contributed by atoms with E-state index >= 15 is 0 Å². The summed E-state index contributed by atoms with van der Waals surface area (Å²) in [6.45, 7) is 3.04. The number of hydrogen-bond acceptors (Lipinski definition) is 6. The maximum atomic E-state index is 9.12. The molecule has 6 heteroatoms. The third-order valence-electron chi connectivity index (χ3n) is 2.84. The summed E-state index contributed by atoms with van der Waals surface area (Å²) in [5, 5.41) is 18.2. The Morgan fingerprint density at radius 2 is 2.29 bits per heavy atom. The summed E-state index contributed by atoms with van der Waals surface area (Å²) in [6.07, 6.45) is 3.01. The van der Waals surface area contributed by atoms with Crippen molar-refractivity contribution in [1.29, 1.82) is 0 Å². The number of aliphatic hydroxyl groups is 2. The van der Waals surface area contributed by atoms with E-state index in [1.54, 1.807) is 6.20 Å². The minimum Gasteiger partial charge on any atom is -0.394 e. The molecule has 2 rings (SSSR count). The van der Waals surface area contributed by atoms with Crippen LogP contribution < -0.4 is 4.90 Å². The van der Waals surface area contributed by atoms with E-state index in [1.165, 1.54) is 6.20 Å². The van der Waals surface area contributed by atoms with E-state index in [0.29, 0.717) is 24.7 Å². The molecule has 94 valence electrons. The van der Waals surface area contributed by atoms with Gasteiger partial charge in [-0.1, -0.05) is 0 Å². The fourth-order valence-electron chi connectivity index (χ4n) is 1.86. The predicted molar refractivity (Wildman–Crippen MR) is 61.6 cm³/mol. The summed E-state index contributed by atoms with van der Waals surface area (Å²) < 4.78 is 5.46. The molecular weight excluding hydrogens is 222 g/mol. The maximum absolute atomic E-state index is 9.12. The largest absolute Gasteiger partial charge is 0.394 e. The molecule has 2 atom stereocenters. The molecule has 2 N–H and O–H groups in total. The van der Waals surface area contributed by atoms with Gasteiger partial charge in [-0.25, -0.2) is 4.98 Å². The van der Waals surface area contributed by atoms with Crippen LogP contribution in [0.2, 0.25) is 0 Å². The molecule has 1 aliphatic heterocycles. The van der Waals surface area contributed by atoms with Crippen molar-refractivity contribution < 1.29 is 14.9 Å². The van der Waals surface area contributed by atoms with Gasteiger partial charge in [0.25, 0.3) is 0 Å². The Balaban J connectivity index is 2.18. The Morgan fingerprint density at radius 3 is 3.00 bits per heavy atom. The SMILES string of the molecule is CC1COC(CO)CN1c1cncc(CO)n1. The molecule has 17 heavy (non-hydrogen) atoms. The molecule has 1 aliphatic rings. The van der Waals surface area contributed by atoms with Crippen LogP contribution in [-0.2, 0) is 11.3 Å². The zero-order valence-corrected chi connectivity index (χ0v) is 9.78. The number of aliphatic hydroxyl groups excluding tert-OH is 2. The highest BCUT2D eigenvalue weighted by Crippen LogP contribution is 2.19. The number of rotatable bonds is 3. The minimum atomic E-state index is -0.189. The monoisotopic (exact) mass is 239 g/mol. The average Bonchev–Trinajstić information content (AvgIpc) is 2.39. The molecular formula is C11H17N3O3. The van der Waals surface area contributed by atoms with Crippen molar-refractivity contribution in [2.45, 2.75) is 25.7 Å². The third-order valence-corrected chi connectivity index (χ3v) is 2.84. The van der Waals surface area contributed by atoms with Gasteiger partial charge in [-0.05, 0) is 6.92 Å². The van der Waals surface area contributed by atoms with Gasteiger partial charge in [-0.2, -0.15) is 0 Å². The summed E-state index contributed by atoms with van der Waals surface area (Å²) in [4.78, 5) is 10.4. The van der Waals surface area contributed by atoms with Crippen LogP contribution in [0.25, 0.3) is 0 Å². The topological polar surface area (TPSA) is 78.7 Å². The Hall–Kier alpha value is -1.24. The molecule has 0 spiro atoms. The standard InChI is InChI=1S/C11H17N3O3/c1-8-7-17-10(6-16)4-14(8)11-3-12-2-9(5-15)13-11/h2-3,8,10,15-16H,4-7H2,1H3. The van der Waals surface area contributed by atoms with Crippen molar-refractivity contribution >= 4 is 5.82 Å². The molecule has 0 bridgehead atoms. The van der Waals surface area contributed by atoms with Crippen LogP contribution in [0.15, 0.2) is 12.4 Å². The van der Waals surface area contributed by atoms with Gasteiger partial charge in [0, 0.05) is 6.54 Å². The van der Waals surface area contributed by atoms with E-state index in [1.807, 2.05) is 11.8 Å². The molecule has 0 saturated carbocycles. The second-order valence-corrected chi connectivity index (χ2v) is 4.17. The quantitative estimate of drug-likeness (QED) is 0.744. The third kappa shape index (κ3) is 2.71. The van der Waals surface area contributed by atoms with Crippen LogP contribution in [0.3, 0.4) is 0 Å². The summed E-state index contributed by atoms with van der Waals surface area (Å²) in [5.74, 6) is 0.714. The van der Waals surface area contributed by atoms with Crippen molar-refractivity contribution in [3.63, 3.8) is 0 Å². The van der Waals surface area contributed by atoms with Crippen molar-refractivity contribution in [2.75, 3.05) is 24.7 Å². The fourth-order valence-corrected chi connectivity index (χ4v) is 1.86. The Kier molecular flexibility index (Phi) is 3.88. The summed E-state index contributed by atoms with van der Waals surface area (Å²) in [6, 6.07) is 0.182. The van der Waals surface area contributed by atoms with E-state index in [9.17, 15) is 0 Å². The lowest BCUT2D eigenvalue weighted by Gasteiger charge is -2.38. The van der Waals surface area contributed by atoms with Gasteiger partial charge in [0.15, 0.2) is 0 Å². The van der Waals surface area contributed by atoms with Gasteiger partial charge in [-0.3, -0.25) is 4.98 Å². The number of aromatic nitrogens is 2. The molecule has 1 saturated heterocycles. The Labute approximate surface area is 99.9 Å². The highest BCUT2D eigenvalue weighted by Gasteiger charge is 2.26. The lowest BCUT2D eigenvalue weighted by atomic mass is 10.2. The van der Waals surface area contributed by atoms with Gasteiger partial charge in [0.2, 0.25) is 0 Å². The Bertz CT molecular complexity index is 375. The number of nitrogens with zero attached hydrogens (tertiary/aromatic N) is 3. The maximum Gasteiger partial charge on any atom is 0.147 e. The van der Waals surface area contributed by atoms with Gasteiger partial charge in [-0.15, -0.1) is 0 Å². The first-order valence-electron chi connectivity index (χ1n) is 5.65. The zero-order valence-electron chi connectivity index (χ0n) is 9.78. The number of hydrogen-bond donors (Lipinski definition) is 2. The average molecular weight is 239 g/mol. The lowest BCUT2D eigenvalue weighted by Crippen LogP contribution is -2.50. The fraction of sp³-hybridized carbons (Fsp3) is 0.636. The number of morpholine rings is 1. The molecule has 0 amide bonds. The van der Waals surface area contributed by atoms with E-state index in [4.69, 9.17) is 14.9 Å². The normalized spacial score (nSPS) is 25.0. The smallest absolute Gasteiger partial charge is 0.147 e. The molecule has 0 aromatic carbocycles. The lowest BCUT2D eigenvalue weighted by molar-refractivity contribution is -0.0106. The van der Waals surface area contributed by atoms with E-state index in [0.717, 1.165) is 0 Å². The van der Waals surface area contributed by atoms with Crippen molar-refractivity contribution in [2.24, 2.45) is 0 Å². The second-order valence-electron chi connectivity index (χ2n) is 4.17. The summed E-state index contributed by atoms with van der Waals surface area (Å²) in [5.41, 5.74) is 0.543. The minimum absolute atomic E-state index is 0.00363. The number of anilines is 1. The van der Waals surface area contributed by atoms with Crippen LogP contribution >= 0.6 is 0 Å². The van der Waals surface area contributed by atoms with Crippen molar-refractivity contribution in [3.05, 3.63) is 18.1 Å². The summed E-state index contributed by atoms with van der Waals surface area (Å²) in [7, 11) is 0. The van der Waals surface area contributed by atoms with Crippen molar-refractivity contribution in [1.82, 2.24) is 9.97 Å². The summed E-state index contributed by atoms with van der Waals surface area (Å²) >= 11 is 0. The van der Waals surface area contributed by atoms with E-state index < -0.39 is 0 Å². The van der Waals surface area contributed by atoms with Gasteiger partial charge in [0.05, 0.1) is 50.1 Å². The molecule has 2 heterocycles. The van der Waals surface area contributed by atoms with Crippen LogP contribution in [0.1, 0.15) is 12.6 Å². The van der Waals surface area contributed by atoms with Gasteiger partial charge < -0.3 is 19.8 Å². The highest BCUT2D eigenvalue weighted by atomic mass is 16.5. The van der Waals surface area contributed by atoms with Gasteiger partial charge >= 0.3 is 0 Å². The molecule has 2 unspecified atom stereocenters. The van der Waals surface area contributed by atoms with Crippen molar-refractivity contribution in [3.8, 4) is 0 Å². The first-order valence-corrected chi connectivity index (χ1v) is 5.65. The van der Waals surface area contributed by atoms with E-state index in [-0.39, 0.29) is 25.4 Å². The van der Waals surface area contributed by atoms with E-state index in [2.05, 4.69) is 9.97 Å². The molecule has 0 radical (unpaired) electrons. The molecule has 0 aliphatic carbocycles. The van der Waals surface area contributed by atoms with Crippen LogP contribution in [0.4, 0.5) is 5.82 Å². The van der Waals surface area contributed by atoms with Crippen LogP contribution in [0, 0.1) is 0 Å². The first-order chi connectivity index (χ1) is 8.24. The molecule has 1 aromatic heterocycles. The van der Waals surface area contributed by atoms with Gasteiger partial charge in [0.1, 0.15) is 5.82 Å². The first kappa shape index (κ1) is 12.2. The second kappa shape index (κ2) is 5.39.